The Labute approximate surface area is 84.2 Å². The molecule has 0 aromatic rings. The van der Waals surface area contributed by atoms with E-state index in [1.165, 1.54) is 25.7 Å². The lowest BCUT2D eigenvalue weighted by Crippen LogP contribution is -2.71. The number of hydrogen-bond donors (Lipinski definition) is 5. The van der Waals surface area contributed by atoms with E-state index < -0.39 is 0 Å². The van der Waals surface area contributed by atoms with Crippen LogP contribution in [0.1, 0.15) is 25.7 Å². The van der Waals surface area contributed by atoms with Gasteiger partial charge in [-0.3, -0.25) is 10.6 Å². The lowest BCUT2D eigenvalue weighted by atomic mass is 9.83. The first-order chi connectivity index (χ1) is 6.84. The predicted octanol–water partition coefficient (Wildman–Crippen LogP) is -1.22. The van der Waals surface area contributed by atoms with Crippen LogP contribution in [0.4, 0.5) is 0 Å². The minimum Gasteiger partial charge on any atom is -0.303 e. The van der Waals surface area contributed by atoms with Gasteiger partial charge in [0.1, 0.15) is 6.29 Å². The molecule has 2 heterocycles. The molecule has 1 aliphatic carbocycles. The zero-order valence-electron chi connectivity index (χ0n) is 8.29. The van der Waals surface area contributed by atoms with E-state index in [9.17, 15) is 0 Å². The van der Waals surface area contributed by atoms with Crippen molar-refractivity contribution in [2.75, 3.05) is 0 Å². The van der Waals surface area contributed by atoms with Gasteiger partial charge < -0.3 is 5.73 Å². The average Bonchev–Trinajstić information content (AvgIpc) is 2.54. The minimum absolute atomic E-state index is 0.135. The molecule has 3 rings (SSSR count). The third kappa shape index (κ3) is 1.36. The van der Waals surface area contributed by atoms with E-state index in [2.05, 4.69) is 21.5 Å². The maximum absolute atomic E-state index is 5.76. The number of nitrogens with two attached hydrogens (primary N) is 1. The Bertz CT molecular complexity index is 221. The molecule has 3 aliphatic rings. The Hall–Kier alpha value is -0.200. The van der Waals surface area contributed by atoms with Crippen LogP contribution in [-0.4, -0.2) is 24.5 Å². The highest BCUT2D eigenvalue weighted by molar-refractivity contribution is 5.03. The van der Waals surface area contributed by atoms with Crippen LogP contribution in [0, 0.1) is 5.92 Å². The molecule has 0 aromatic heterocycles. The maximum Gasteiger partial charge on any atom is 0.123 e. The third-order valence-corrected chi connectivity index (χ3v) is 3.80. The first-order valence-corrected chi connectivity index (χ1v) is 5.63. The van der Waals surface area contributed by atoms with Gasteiger partial charge in [0.2, 0.25) is 0 Å². The van der Waals surface area contributed by atoms with Crippen LogP contribution in [0.5, 0.6) is 0 Å². The van der Waals surface area contributed by atoms with Crippen molar-refractivity contribution < 1.29 is 0 Å². The molecule has 0 aromatic carbocycles. The largest absolute Gasteiger partial charge is 0.303 e. The van der Waals surface area contributed by atoms with Crippen LogP contribution in [0.15, 0.2) is 0 Å². The van der Waals surface area contributed by atoms with Crippen molar-refractivity contribution in [3.8, 4) is 0 Å². The Morgan fingerprint density at radius 3 is 2.79 bits per heavy atom. The van der Waals surface area contributed by atoms with E-state index in [1.807, 2.05) is 0 Å². The molecule has 3 fully saturated rings. The Kier molecular flexibility index (Phi) is 2.22. The summed E-state index contributed by atoms with van der Waals surface area (Å²) in [5.41, 5.74) is 12.1. The highest BCUT2D eigenvalue weighted by Crippen LogP contribution is 2.33. The molecule has 0 spiro atoms. The van der Waals surface area contributed by atoms with Gasteiger partial charge in [-0.1, -0.05) is 12.8 Å². The normalized spacial score (nSPS) is 52.5. The first-order valence-electron chi connectivity index (χ1n) is 5.63. The van der Waals surface area contributed by atoms with E-state index >= 15 is 0 Å². The zero-order valence-corrected chi connectivity index (χ0v) is 8.29. The summed E-state index contributed by atoms with van der Waals surface area (Å²) in [7, 11) is 0. The fraction of sp³-hybridized carbons (Fsp3) is 1.00. The number of fused-ring (bicyclic) bond motifs is 3. The van der Waals surface area contributed by atoms with Crippen LogP contribution < -0.4 is 27.2 Å². The lowest BCUT2D eigenvalue weighted by Gasteiger charge is -2.35. The van der Waals surface area contributed by atoms with Gasteiger partial charge in [-0.25, -0.2) is 10.9 Å². The van der Waals surface area contributed by atoms with Gasteiger partial charge in [-0.05, 0) is 18.8 Å². The fourth-order valence-corrected chi connectivity index (χ4v) is 3.14. The number of hydrazine groups is 1. The molecule has 0 radical (unpaired) electrons. The number of hydrogen-bond acceptors (Lipinski definition) is 5. The summed E-state index contributed by atoms with van der Waals surface area (Å²) in [6.45, 7) is 0. The SMILES string of the molecule is NC1NNC2C(N1)NC1CCCCC12. The molecule has 5 heteroatoms. The van der Waals surface area contributed by atoms with Gasteiger partial charge in [0.25, 0.3) is 0 Å². The molecule has 2 aliphatic heterocycles. The van der Waals surface area contributed by atoms with Crippen molar-refractivity contribution in [3.63, 3.8) is 0 Å². The molecule has 6 N–H and O–H groups in total. The molecule has 5 atom stereocenters. The van der Waals surface area contributed by atoms with Crippen molar-refractivity contribution in [1.29, 1.82) is 0 Å². The molecule has 1 saturated carbocycles. The molecule has 5 unspecified atom stereocenters. The van der Waals surface area contributed by atoms with Crippen molar-refractivity contribution in [2.24, 2.45) is 11.7 Å². The first kappa shape index (κ1) is 9.06. The second-order valence-electron chi connectivity index (χ2n) is 4.66. The fourth-order valence-electron chi connectivity index (χ4n) is 3.14. The summed E-state index contributed by atoms with van der Waals surface area (Å²) < 4.78 is 0. The number of nitrogens with one attached hydrogen (secondary N) is 4. The molecule has 0 bridgehead atoms. The van der Waals surface area contributed by atoms with Gasteiger partial charge in [0.15, 0.2) is 0 Å². The summed E-state index contributed by atoms with van der Waals surface area (Å²) in [5, 5.41) is 6.96. The van der Waals surface area contributed by atoms with E-state index in [0.717, 1.165) is 5.92 Å². The monoisotopic (exact) mass is 197 g/mol. The van der Waals surface area contributed by atoms with Crippen LogP contribution in [0.3, 0.4) is 0 Å². The van der Waals surface area contributed by atoms with Crippen molar-refractivity contribution >= 4 is 0 Å². The van der Waals surface area contributed by atoms with Gasteiger partial charge in [0.05, 0.1) is 12.2 Å². The summed E-state index contributed by atoms with van der Waals surface area (Å²) in [6.07, 6.45) is 5.61. The molecular formula is C9H19N5. The van der Waals surface area contributed by atoms with Crippen molar-refractivity contribution in [1.82, 2.24) is 21.5 Å². The summed E-state index contributed by atoms with van der Waals surface area (Å²) in [4.78, 5) is 0. The molecule has 0 amide bonds. The predicted molar refractivity (Wildman–Crippen MR) is 53.8 cm³/mol. The summed E-state index contributed by atoms with van der Waals surface area (Å²) in [5.74, 6) is 0.765. The zero-order chi connectivity index (χ0) is 9.54. The highest BCUT2D eigenvalue weighted by atomic mass is 15.5. The molecule has 5 nitrogen and oxygen atoms in total. The maximum atomic E-state index is 5.76. The molecule has 2 saturated heterocycles. The smallest absolute Gasteiger partial charge is 0.123 e. The Morgan fingerprint density at radius 1 is 1.00 bits per heavy atom. The van der Waals surface area contributed by atoms with Gasteiger partial charge in [-0.15, -0.1) is 0 Å². The van der Waals surface area contributed by atoms with Crippen LogP contribution in [-0.2, 0) is 0 Å². The quantitative estimate of drug-likeness (QED) is 0.337. The van der Waals surface area contributed by atoms with Crippen LogP contribution >= 0.6 is 0 Å². The van der Waals surface area contributed by atoms with E-state index in [0.29, 0.717) is 18.2 Å². The van der Waals surface area contributed by atoms with Gasteiger partial charge in [0, 0.05) is 6.04 Å². The standard InChI is InChI=1S/C9H19N5/c10-9-12-8-7(13-14-9)5-3-1-2-4-6(5)11-8/h5-9,11-14H,1-4,10H2. The van der Waals surface area contributed by atoms with Crippen molar-refractivity contribution in [3.05, 3.63) is 0 Å². The number of rotatable bonds is 0. The second kappa shape index (κ2) is 3.43. The molecular weight excluding hydrogens is 178 g/mol. The third-order valence-electron chi connectivity index (χ3n) is 3.80. The molecule has 14 heavy (non-hydrogen) atoms. The van der Waals surface area contributed by atoms with E-state index in [-0.39, 0.29) is 6.29 Å². The van der Waals surface area contributed by atoms with Crippen molar-refractivity contribution in [2.45, 2.75) is 50.2 Å². The van der Waals surface area contributed by atoms with Gasteiger partial charge >= 0.3 is 0 Å². The van der Waals surface area contributed by atoms with Crippen LogP contribution in [0.25, 0.3) is 0 Å². The topological polar surface area (TPSA) is 74.1 Å². The summed E-state index contributed by atoms with van der Waals surface area (Å²) >= 11 is 0. The minimum atomic E-state index is -0.135. The van der Waals surface area contributed by atoms with E-state index in [4.69, 9.17) is 5.73 Å². The highest BCUT2D eigenvalue weighted by Gasteiger charge is 2.45. The Balaban J connectivity index is 1.74. The average molecular weight is 197 g/mol. The lowest BCUT2D eigenvalue weighted by molar-refractivity contribution is 0.182. The van der Waals surface area contributed by atoms with E-state index in [1.54, 1.807) is 0 Å². The van der Waals surface area contributed by atoms with Crippen LogP contribution in [0.2, 0.25) is 0 Å². The second-order valence-corrected chi connectivity index (χ2v) is 4.66. The summed E-state index contributed by atoms with van der Waals surface area (Å²) in [6, 6.07) is 1.19. The Morgan fingerprint density at radius 2 is 1.86 bits per heavy atom. The van der Waals surface area contributed by atoms with Gasteiger partial charge in [-0.2, -0.15) is 0 Å². The molecule has 80 valence electrons.